The van der Waals surface area contributed by atoms with Gasteiger partial charge < -0.3 is 58.0 Å². The highest BCUT2D eigenvalue weighted by molar-refractivity contribution is 7.99. The number of aliphatic hydroxyl groups is 1. The van der Waals surface area contributed by atoms with Gasteiger partial charge in [-0.2, -0.15) is 11.8 Å². The molecule has 5 aliphatic heterocycles. The van der Waals surface area contributed by atoms with Crippen LogP contribution in [0, 0.1) is 5.92 Å². The van der Waals surface area contributed by atoms with Crippen LogP contribution in [-0.2, 0) is 61.5 Å². The minimum Gasteiger partial charge on any atom is -0.393 e. The van der Waals surface area contributed by atoms with Crippen molar-refractivity contribution in [3.05, 3.63) is 293 Å². The number of piperidine rings is 3. The maximum atomic E-state index is 12.8. The summed E-state index contributed by atoms with van der Waals surface area (Å²) in [5.74, 6) is 3.13. The van der Waals surface area contributed by atoms with Crippen molar-refractivity contribution in [1.82, 2.24) is 24.5 Å². The Labute approximate surface area is 747 Å². The number of thioether (sulfide) groups is 1. The van der Waals surface area contributed by atoms with Gasteiger partial charge in [0.25, 0.3) is 29.5 Å². The normalized spacial score (nSPS) is 15.0. The summed E-state index contributed by atoms with van der Waals surface area (Å²) < 4.78 is 32.0. The number of benzene rings is 10. The van der Waals surface area contributed by atoms with Crippen molar-refractivity contribution in [2.45, 2.75) is 91.0 Å². The van der Waals surface area contributed by atoms with Crippen LogP contribution >= 0.6 is 69.8 Å². The summed E-state index contributed by atoms with van der Waals surface area (Å²) in [4.78, 5) is 73.1. The average molecular weight is 1770 g/mol. The standard InChI is InChI=1S/C21H24ClNO2.C20H22ClNO3.C20H22ClNO2.C19H20ClNO3.C19H20ClNO2S/c1-15-9-11-23(12-10-15)21(24)17-5-8-20(18(13-17)14-25-2)16-3-6-19(22)7-4-16;1-25-13-16-12-15(20(24)22-10-8-18(23)9-11-22)4-7-19(16)14-2-5-17(21)6-3-14;1-24-14-17-13-16(20(23)22-11-3-2-4-12-22)7-10-19(17)15-5-8-18(21)9-6-15;2*1-23-13-16-12-15(19(22)21-8-10-24-11-9-21)4-7-18(16)14-2-5-17(20)6-3-14/h3-8,13,15H,9-12,14H2,1-2H3;2-7,12,18,23H,8-11,13H2,1H3;5-10,13H,2-4,11-12,14H2,1H3;2*2-7,12H,8-11,13H2,1H3. The number of halogens is 5. The zero-order valence-corrected chi connectivity index (χ0v) is 74.8. The second-order valence-electron chi connectivity index (χ2n) is 30.7. The van der Waals surface area contributed by atoms with E-state index in [1.54, 1.807) is 40.4 Å². The van der Waals surface area contributed by atoms with Gasteiger partial charge in [-0.15, -0.1) is 0 Å². The molecule has 0 aromatic heterocycles. The first-order valence-electron chi connectivity index (χ1n) is 41.4. The third-order valence-corrected chi connectivity index (χ3v) is 24.3. The van der Waals surface area contributed by atoms with E-state index < -0.39 is 0 Å². The number of hydrogen-bond acceptors (Lipinski definition) is 13. The summed E-state index contributed by atoms with van der Waals surface area (Å²) in [6, 6.07) is 67.6. The molecule has 10 aromatic carbocycles. The van der Waals surface area contributed by atoms with E-state index in [0.717, 1.165) is 177 Å². The Hall–Kier alpha value is -8.93. The van der Waals surface area contributed by atoms with Gasteiger partial charge >= 0.3 is 0 Å². The number of hydrogen-bond donors (Lipinski definition) is 1. The molecule has 0 atom stereocenters. The zero-order chi connectivity index (χ0) is 86.4. The summed E-state index contributed by atoms with van der Waals surface area (Å²) >= 11 is 31.8. The summed E-state index contributed by atoms with van der Waals surface area (Å²) in [5, 5.41) is 13.1. The van der Waals surface area contributed by atoms with Crippen molar-refractivity contribution in [3.8, 4) is 55.6 Å². The zero-order valence-electron chi connectivity index (χ0n) is 70.2. The molecule has 0 bridgehead atoms. The lowest BCUT2D eigenvalue weighted by Crippen LogP contribution is -2.40. The van der Waals surface area contributed by atoms with Gasteiger partial charge in [-0.1, -0.05) is 156 Å². The first kappa shape index (κ1) is 93.8. The number of morpholine rings is 1. The molecule has 0 radical (unpaired) electrons. The molecular formula is C99H108Cl5N5O12S. The second-order valence-corrected chi connectivity index (χ2v) is 34.1. The molecule has 5 amide bonds. The Bertz CT molecular complexity index is 4640. The maximum Gasteiger partial charge on any atom is 0.254 e. The van der Waals surface area contributed by atoms with Crippen molar-refractivity contribution in [3.63, 3.8) is 0 Å². The van der Waals surface area contributed by atoms with Crippen LogP contribution in [0.3, 0.4) is 0 Å². The van der Waals surface area contributed by atoms with E-state index in [0.29, 0.717) is 127 Å². The fourth-order valence-electron chi connectivity index (χ4n) is 15.4. The van der Waals surface area contributed by atoms with Crippen LogP contribution < -0.4 is 0 Å². The smallest absolute Gasteiger partial charge is 0.254 e. The lowest BCUT2D eigenvalue weighted by atomic mass is 9.96. The van der Waals surface area contributed by atoms with E-state index in [1.807, 2.05) is 244 Å². The molecule has 5 aliphatic rings. The third kappa shape index (κ3) is 26.6. The Morgan fingerprint density at radius 1 is 0.320 bits per heavy atom. The van der Waals surface area contributed by atoms with Crippen LogP contribution in [0.2, 0.25) is 25.1 Å². The van der Waals surface area contributed by atoms with Crippen LogP contribution in [0.4, 0.5) is 0 Å². The van der Waals surface area contributed by atoms with E-state index in [2.05, 4.69) is 6.92 Å². The van der Waals surface area contributed by atoms with Crippen LogP contribution in [0.15, 0.2) is 212 Å². The average Bonchev–Trinajstić information content (AvgIpc) is 0.836. The lowest BCUT2D eigenvalue weighted by molar-refractivity contribution is 0.0302. The summed E-state index contributed by atoms with van der Waals surface area (Å²) in [5.41, 5.74) is 19.1. The van der Waals surface area contributed by atoms with Gasteiger partial charge in [0.2, 0.25) is 0 Å². The fourth-order valence-corrected chi connectivity index (χ4v) is 16.9. The number of nitrogens with zero attached hydrogens (tertiary/aromatic N) is 5. The Morgan fingerprint density at radius 3 is 0.803 bits per heavy atom. The quantitative estimate of drug-likeness (QED) is 0.0763. The Balaban J connectivity index is 0.000000149. The third-order valence-electron chi connectivity index (χ3n) is 22.1. The van der Waals surface area contributed by atoms with Gasteiger partial charge in [0.15, 0.2) is 0 Å². The van der Waals surface area contributed by atoms with Gasteiger partial charge in [-0.25, -0.2) is 0 Å². The summed E-state index contributed by atoms with van der Waals surface area (Å²) in [6.45, 7) is 13.2. The number of ether oxygens (including phenoxy) is 6. The van der Waals surface area contributed by atoms with E-state index in [4.69, 9.17) is 86.4 Å². The maximum absolute atomic E-state index is 12.8. The van der Waals surface area contributed by atoms with Crippen LogP contribution in [0.25, 0.3) is 55.6 Å². The van der Waals surface area contributed by atoms with Crippen molar-refractivity contribution in [2.24, 2.45) is 5.92 Å². The molecule has 0 unspecified atom stereocenters. The van der Waals surface area contributed by atoms with Crippen molar-refractivity contribution in [1.29, 1.82) is 0 Å². The molecular weight excluding hydrogens is 1660 g/mol. The molecule has 5 heterocycles. The van der Waals surface area contributed by atoms with E-state index in [9.17, 15) is 29.1 Å². The minimum absolute atomic E-state index is 0.00640. The lowest BCUT2D eigenvalue weighted by Gasteiger charge is -2.30. The van der Waals surface area contributed by atoms with Crippen molar-refractivity contribution < 1.29 is 57.5 Å². The number of aliphatic hydroxyl groups excluding tert-OH is 1. The Kier molecular flexibility index (Phi) is 36.7. The van der Waals surface area contributed by atoms with Crippen LogP contribution in [0.1, 0.15) is 131 Å². The van der Waals surface area contributed by atoms with E-state index in [-0.39, 0.29) is 35.6 Å². The number of carbonyl (C=O) groups excluding carboxylic acids is 5. The highest BCUT2D eigenvalue weighted by atomic mass is 35.5. The molecule has 23 heteroatoms. The van der Waals surface area contributed by atoms with E-state index >= 15 is 0 Å². The molecule has 0 aliphatic carbocycles. The monoisotopic (exact) mass is 1770 g/mol. The van der Waals surface area contributed by atoms with Crippen molar-refractivity contribution >= 4 is 99.3 Å². The molecule has 0 spiro atoms. The highest BCUT2D eigenvalue weighted by Gasteiger charge is 2.28. The molecule has 5 saturated heterocycles. The molecule has 1 N–H and O–H groups in total. The van der Waals surface area contributed by atoms with Gasteiger partial charge in [0.1, 0.15) is 0 Å². The van der Waals surface area contributed by atoms with Gasteiger partial charge in [0, 0.05) is 165 Å². The molecule has 0 saturated carbocycles. The number of amides is 5. The number of methoxy groups -OCH3 is 5. The number of rotatable bonds is 20. The largest absolute Gasteiger partial charge is 0.393 e. The first-order chi connectivity index (χ1) is 59.2. The van der Waals surface area contributed by atoms with Crippen molar-refractivity contribution in [2.75, 3.05) is 126 Å². The van der Waals surface area contributed by atoms with E-state index in [1.165, 1.54) is 6.42 Å². The first-order valence-corrected chi connectivity index (χ1v) is 44.5. The predicted molar refractivity (Wildman–Crippen MR) is 493 cm³/mol. The number of likely N-dealkylation sites (tertiary alicyclic amines) is 3. The predicted octanol–water partition coefficient (Wildman–Crippen LogP) is 21.5. The fraction of sp³-hybridized carbons (Fsp3) is 0.343. The SMILES string of the molecule is COCc1cc(C(=O)N2CCC(C)CC2)ccc1-c1ccc(Cl)cc1.COCc1cc(C(=O)N2CCC(O)CC2)ccc1-c1ccc(Cl)cc1.COCc1cc(C(=O)N2CCCCC2)ccc1-c1ccc(Cl)cc1.COCc1cc(C(=O)N2CCOCC2)ccc1-c1ccc(Cl)cc1.COCc1cc(C(=O)N2CCSCC2)ccc1-c1ccc(Cl)cc1. The highest BCUT2D eigenvalue weighted by Crippen LogP contribution is 2.35. The van der Waals surface area contributed by atoms with Gasteiger partial charge in [-0.3, -0.25) is 24.0 Å². The van der Waals surface area contributed by atoms with Crippen LogP contribution in [-0.4, -0.2) is 191 Å². The molecule has 15 rings (SSSR count). The molecule has 642 valence electrons. The van der Waals surface area contributed by atoms with Gasteiger partial charge in [-0.05, 0) is 256 Å². The van der Waals surface area contributed by atoms with Crippen LogP contribution in [0.5, 0.6) is 0 Å². The molecule has 122 heavy (non-hydrogen) atoms. The second kappa shape index (κ2) is 47.8. The topological polar surface area (TPSA) is 177 Å². The molecule has 10 aromatic rings. The Morgan fingerprint density at radius 2 is 0.549 bits per heavy atom. The summed E-state index contributed by atoms with van der Waals surface area (Å²) in [6.07, 6.45) is 6.56. The summed E-state index contributed by atoms with van der Waals surface area (Å²) in [7, 11) is 8.31. The minimum atomic E-state index is -0.291. The van der Waals surface area contributed by atoms with Gasteiger partial charge in [0.05, 0.1) is 52.4 Å². The molecule has 17 nitrogen and oxygen atoms in total. The number of carbonyl (C=O) groups is 5. The molecule has 5 fully saturated rings.